The van der Waals surface area contributed by atoms with Crippen molar-refractivity contribution in [2.75, 3.05) is 6.54 Å². The Kier molecular flexibility index (Phi) is 5.72. The van der Waals surface area contributed by atoms with Crippen LogP contribution in [0.1, 0.15) is 17.4 Å². The van der Waals surface area contributed by atoms with E-state index in [4.69, 9.17) is 17.3 Å². The lowest BCUT2D eigenvalue weighted by Gasteiger charge is -2.11. The fourth-order valence-electron chi connectivity index (χ4n) is 1.11. The molecule has 0 aliphatic carbocycles. The molecule has 6 heteroatoms. The van der Waals surface area contributed by atoms with Crippen molar-refractivity contribution in [3.63, 3.8) is 0 Å². The van der Waals surface area contributed by atoms with Gasteiger partial charge in [0.2, 0.25) is 0 Å². The molecule has 3 N–H and O–H groups in total. The molecule has 1 aromatic rings. The van der Waals surface area contributed by atoms with Crippen LogP contribution in [0.3, 0.4) is 0 Å². The Morgan fingerprint density at radius 2 is 2.33 bits per heavy atom. The van der Waals surface area contributed by atoms with E-state index in [2.05, 4.69) is 5.32 Å². The van der Waals surface area contributed by atoms with Crippen molar-refractivity contribution >= 4 is 29.9 Å². The van der Waals surface area contributed by atoms with E-state index in [-0.39, 0.29) is 24.4 Å². The molecular formula is C9H15Cl2N3O. The number of rotatable bonds is 3. The van der Waals surface area contributed by atoms with Gasteiger partial charge in [-0.1, -0.05) is 11.6 Å². The molecule has 0 radical (unpaired) electrons. The van der Waals surface area contributed by atoms with Gasteiger partial charge in [0.25, 0.3) is 5.91 Å². The summed E-state index contributed by atoms with van der Waals surface area (Å²) in [5, 5.41) is 3.31. The lowest BCUT2D eigenvalue weighted by atomic mass is 10.3. The number of carbonyl (C=O) groups excluding carboxylic acids is 1. The molecule has 15 heavy (non-hydrogen) atoms. The highest BCUT2D eigenvalue weighted by Gasteiger charge is 2.12. The third kappa shape index (κ3) is 3.74. The molecule has 1 aromatic heterocycles. The molecule has 1 heterocycles. The van der Waals surface area contributed by atoms with Crippen LogP contribution < -0.4 is 11.1 Å². The Labute approximate surface area is 100 Å². The summed E-state index contributed by atoms with van der Waals surface area (Å²) in [5.41, 5.74) is 5.93. The number of halogens is 2. The first-order valence-corrected chi connectivity index (χ1v) is 4.75. The van der Waals surface area contributed by atoms with Gasteiger partial charge in [0.15, 0.2) is 0 Å². The molecule has 1 rings (SSSR count). The quantitative estimate of drug-likeness (QED) is 0.848. The van der Waals surface area contributed by atoms with Crippen LogP contribution in [0.5, 0.6) is 0 Å². The second-order valence-electron chi connectivity index (χ2n) is 3.26. The van der Waals surface area contributed by atoms with Gasteiger partial charge in [0, 0.05) is 25.8 Å². The van der Waals surface area contributed by atoms with Crippen LogP contribution in [-0.4, -0.2) is 23.1 Å². The monoisotopic (exact) mass is 251 g/mol. The zero-order chi connectivity index (χ0) is 10.7. The number of hydrogen-bond donors (Lipinski definition) is 2. The molecule has 0 saturated heterocycles. The predicted molar refractivity (Wildman–Crippen MR) is 63.7 cm³/mol. The molecule has 0 spiro atoms. The number of aromatic nitrogens is 1. The molecule has 0 unspecified atom stereocenters. The van der Waals surface area contributed by atoms with Crippen molar-refractivity contribution in [1.29, 1.82) is 0 Å². The molecule has 0 aliphatic rings. The Morgan fingerprint density at radius 3 is 2.73 bits per heavy atom. The number of hydrogen-bond acceptors (Lipinski definition) is 2. The van der Waals surface area contributed by atoms with Gasteiger partial charge in [0.05, 0.1) is 5.02 Å². The molecular weight excluding hydrogens is 237 g/mol. The van der Waals surface area contributed by atoms with Crippen LogP contribution in [-0.2, 0) is 7.05 Å². The van der Waals surface area contributed by atoms with E-state index in [1.165, 1.54) is 0 Å². The van der Waals surface area contributed by atoms with Crippen LogP contribution in [0.2, 0.25) is 5.02 Å². The predicted octanol–water partition coefficient (Wildman–Crippen LogP) is 1.18. The van der Waals surface area contributed by atoms with Crippen LogP contribution in [0.4, 0.5) is 0 Å². The van der Waals surface area contributed by atoms with E-state index < -0.39 is 0 Å². The van der Waals surface area contributed by atoms with E-state index in [1.54, 1.807) is 23.9 Å². The molecule has 0 bridgehead atoms. The smallest absolute Gasteiger partial charge is 0.268 e. The highest BCUT2D eigenvalue weighted by Crippen LogP contribution is 2.12. The molecule has 0 saturated carbocycles. The van der Waals surface area contributed by atoms with Crippen molar-refractivity contribution in [2.45, 2.75) is 13.0 Å². The standard InChI is InChI=1S/C9H14ClN3O.ClH/c1-6(4-11)12-9(14)8-3-7(10)5-13(8)2;/h3,5-6H,4,11H2,1-2H3,(H,12,14);1H/t6-;/m1./s1. The fourth-order valence-corrected chi connectivity index (χ4v) is 1.36. The first-order valence-electron chi connectivity index (χ1n) is 4.37. The third-order valence-electron chi connectivity index (χ3n) is 1.94. The maximum absolute atomic E-state index is 11.6. The number of amides is 1. The third-order valence-corrected chi connectivity index (χ3v) is 2.14. The van der Waals surface area contributed by atoms with Gasteiger partial charge in [-0.15, -0.1) is 12.4 Å². The molecule has 0 aliphatic heterocycles. The van der Waals surface area contributed by atoms with Crippen molar-refractivity contribution < 1.29 is 4.79 Å². The Morgan fingerprint density at radius 1 is 1.73 bits per heavy atom. The molecule has 4 nitrogen and oxygen atoms in total. The first kappa shape index (κ1) is 14.3. The summed E-state index contributed by atoms with van der Waals surface area (Å²) in [7, 11) is 1.77. The molecule has 1 amide bonds. The summed E-state index contributed by atoms with van der Waals surface area (Å²) >= 11 is 5.75. The van der Waals surface area contributed by atoms with Crippen molar-refractivity contribution in [3.05, 3.63) is 23.0 Å². The minimum atomic E-state index is -0.155. The summed E-state index contributed by atoms with van der Waals surface area (Å²) in [6, 6.07) is 1.59. The number of nitrogens with one attached hydrogen (secondary N) is 1. The summed E-state index contributed by atoms with van der Waals surface area (Å²) in [6.45, 7) is 2.27. The Bertz CT molecular complexity index is 338. The summed E-state index contributed by atoms with van der Waals surface area (Å²) in [4.78, 5) is 11.6. The number of nitrogens with zero attached hydrogens (tertiary/aromatic N) is 1. The topological polar surface area (TPSA) is 60.0 Å². The average molecular weight is 252 g/mol. The first-order chi connectivity index (χ1) is 6.54. The van der Waals surface area contributed by atoms with Gasteiger partial charge in [-0.3, -0.25) is 4.79 Å². The van der Waals surface area contributed by atoms with Crippen molar-refractivity contribution in [3.8, 4) is 0 Å². The zero-order valence-electron chi connectivity index (χ0n) is 8.66. The van der Waals surface area contributed by atoms with E-state index in [0.29, 0.717) is 17.3 Å². The minimum absolute atomic E-state index is 0. The molecule has 0 aromatic carbocycles. The van der Waals surface area contributed by atoms with Gasteiger partial charge < -0.3 is 15.6 Å². The van der Waals surface area contributed by atoms with E-state index in [1.807, 2.05) is 6.92 Å². The molecule has 86 valence electrons. The van der Waals surface area contributed by atoms with Crippen molar-refractivity contribution in [1.82, 2.24) is 9.88 Å². The Hall–Kier alpha value is -0.710. The maximum Gasteiger partial charge on any atom is 0.268 e. The van der Waals surface area contributed by atoms with Crippen molar-refractivity contribution in [2.24, 2.45) is 12.8 Å². The molecule has 0 fully saturated rings. The summed E-state index contributed by atoms with van der Waals surface area (Å²) in [6.07, 6.45) is 1.68. The number of aryl methyl sites for hydroxylation is 1. The Balaban J connectivity index is 0.00000196. The number of nitrogens with two attached hydrogens (primary N) is 1. The van der Waals surface area contributed by atoms with Crippen LogP contribution >= 0.6 is 24.0 Å². The van der Waals surface area contributed by atoms with Gasteiger partial charge in [-0.25, -0.2) is 0 Å². The van der Waals surface area contributed by atoms with Crippen LogP contribution in [0, 0.1) is 0 Å². The lowest BCUT2D eigenvalue weighted by Crippen LogP contribution is -2.38. The average Bonchev–Trinajstić information content (AvgIpc) is 2.45. The second-order valence-corrected chi connectivity index (χ2v) is 3.70. The number of carbonyl (C=O) groups is 1. The van der Waals surface area contributed by atoms with E-state index >= 15 is 0 Å². The fraction of sp³-hybridized carbons (Fsp3) is 0.444. The second kappa shape index (κ2) is 6.00. The zero-order valence-corrected chi connectivity index (χ0v) is 10.2. The SMILES string of the molecule is C[C@H](CN)NC(=O)c1cc(Cl)cn1C.Cl. The molecule has 1 atom stereocenters. The maximum atomic E-state index is 11.6. The minimum Gasteiger partial charge on any atom is -0.347 e. The van der Waals surface area contributed by atoms with Gasteiger partial charge in [-0.2, -0.15) is 0 Å². The highest BCUT2D eigenvalue weighted by atomic mass is 35.5. The summed E-state index contributed by atoms with van der Waals surface area (Å²) < 4.78 is 1.68. The highest BCUT2D eigenvalue weighted by molar-refractivity contribution is 6.31. The van der Waals surface area contributed by atoms with E-state index in [9.17, 15) is 4.79 Å². The van der Waals surface area contributed by atoms with Crippen LogP contribution in [0.25, 0.3) is 0 Å². The summed E-state index contributed by atoms with van der Waals surface area (Å²) in [5.74, 6) is -0.155. The van der Waals surface area contributed by atoms with Crippen LogP contribution in [0.15, 0.2) is 12.3 Å². The normalized spacial score (nSPS) is 11.7. The van der Waals surface area contributed by atoms with E-state index in [0.717, 1.165) is 0 Å². The van der Waals surface area contributed by atoms with Gasteiger partial charge in [-0.05, 0) is 13.0 Å². The van der Waals surface area contributed by atoms with Gasteiger partial charge in [0.1, 0.15) is 5.69 Å². The van der Waals surface area contributed by atoms with Gasteiger partial charge >= 0.3 is 0 Å². The lowest BCUT2D eigenvalue weighted by molar-refractivity contribution is 0.0933. The largest absolute Gasteiger partial charge is 0.347 e.